The summed E-state index contributed by atoms with van der Waals surface area (Å²) in [6.45, 7) is 5.55. The van der Waals surface area contributed by atoms with Crippen molar-refractivity contribution in [2.24, 2.45) is 5.92 Å². The molecule has 1 saturated carbocycles. The zero-order valence-electron chi connectivity index (χ0n) is 17.2. The van der Waals surface area contributed by atoms with Crippen LogP contribution in [0.1, 0.15) is 44.9 Å². The largest absolute Gasteiger partial charge is 0.340 e. The highest BCUT2D eigenvalue weighted by Crippen LogP contribution is 2.26. The fraction of sp³-hybridized carbons (Fsp3) is 0.682. The Balaban J connectivity index is 1.20. The second kappa shape index (κ2) is 8.30. The van der Waals surface area contributed by atoms with Gasteiger partial charge in [-0.15, -0.1) is 10.2 Å². The van der Waals surface area contributed by atoms with Gasteiger partial charge in [-0.25, -0.2) is 0 Å². The van der Waals surface area contributed by atoms with Crippen LogP contribution in [0, 0.1) is 5.92 Å². The number of rotatable bonds is 3. The first-order valence-corrected chi connectivity index (χ1v) is 11.4. The van der Waals surface area contributed by atoms with E-state index in [0.29, 0.717) is 5.91 Å². The summed E-state index contributed by atoms with van der Waals surface area (Å²) in [5.74, 6) is 1.27. The number of amides is 1. The van der Waals surface area contributed by atoms with Crippen LogP contribution in [0.4, 0.5) is 5.95 Å². The van der Waals surface area contributed by atoms with Gasteiger partial charge in [-0.1, -0.05) is 25.3 Å². The van der Waals surface area contributed by atoms with Gasteiger partial charge >= 0.3 is 0 Å². The highest BCUT2D eigenvalue weighted by molar-refractivity contribution is 5.80. The molecule has 5 rings (SSSR count). The van der Waals surface area contributed by atoms with Crippen molar-refractivity contribution in [1.29, 1.82) is 0 Å². The second-order valence-electron chi connectivity index (χ2n) is 8.87. The zero-order chi connectivity index (χ0) is 19.6. The lowest BCUT2D eigenvalue weighted by Crippen LogP contribution is -2.55. The molecule has 1 unspecified atom stereocenters. The molecule has 3 aliphatic rings. The molecule has 7 nitrogen and oxygen atoms in total. The summed E-state index contributed by atoms with van der Waals surface area (Å²) in [5.41, 5.74) is 0.856. The zero-order valence-corrected chi connectivity index (χ0v) is 17.2. The summed E-state index contributed by atoms with van der Waals surface area (Å²) in [4.78, 5) is 20.3. The first-order chi connectivity index (χ1) is 14.3. The van der Waals surface area contributed by atoms with Crippen molar-refractivity contribution in [3.05, 3.63) is 24.4 Å². The van der Waals surface area contributed by atoms with Gasteiger partial charge in [-0.3, -0.25) is 14.1 Å². The lowest BCUT2D eigenvalue weighted by molar-refractivity contribution is -0.138. The summed E-state index contributed by atoms with van der Waals surface area (Å²) in [5, 5.41) is 8.67. The van der Waals surface area contributed by atoms with Crippen LogP contribution in [0.3, 0.4) is 0 Å². The van der Waals surface area contributed by atoms with Crippen LogP contribution in [0.15, 0.2) is 24.4 Å². The smallest absolute Gasteiger partial charge is 0.231 e. The number of pyridine rings is 1. The van der Waals surface area contributed by atoms with Crippen molar-refractivity contribution in [2.45, 2.75) is 51.0 Å². The fourth-order valence-electron chi connectivity index (χ4n) is 5.42. The Morgan fingerprint density at radius 1 is 0.897 bits per heavy atom. The maximum absolute atomic E-state index is 13.3. The minimum atomic E-state index is 0.0704. The molecule has 0 N–H and O–H groups in total. The van der Waals surface area contributed by atoms with Gasteiger partial charge in [-0.2, -0.15) is 0 Å². The molecule has 156 valence electrons. The van der Waals surface area contributed by atoms with Gasteiger partial charge in [0, 0.05) is 51.5 Å². The molecule has 29 heavy (non-hydrogen) atoms. The maximum Gasteiger partial charge on any atom is 0.231 e. The maximum atomic E-state index is 13.3. The number of piperazine rings is 1. The third kappa shape index (κ3) is 3.84. The van der Waals surface area contributed by atoms with Crippen LogP contribution in [0.5, 0.6) is 0 Å². The number of fused-ring (bicyclic) bond motifs is 1. The highest BCUT2D eigenvalue weighted by atomic mass is 16.2. The Hall–Kier alpha value is -2.15. The van der Waals surface area contributed by atoms with Gasteiger partial charge in [0.05, 0.1) is 5.92 Å². The lowest BCUT2D eigenvalue weighted by Gasteiger charge is -2.42. The summed E-state index contributed by atoms with van der Waals surface area (Å²) in [6, 6.07) is 6.70. The number of hydrogen-bond acceptors (Lipinski definition) is 5. The predicted molar refractivity (Wildman–Crippen MR) is 113 cm³/mol. The number of carbonyl (C=O) groups excluding carboxylic acids is 1. The number of aromatic nitrogens is 3. The third-order valence-electron chi connectivity index (χ3n) is 7.07. The quantitative estimate of drug-likeness (QED) is 0.798. The standard InChI is InChI=1S/C22H32N6O/c29-21(26-15-13-25(14-16-26)19-8-2-1-3-9-19)18-7-6-11-27(17-18)22-24-23-20-10-4-5-12-28(20)22/h4-5,10,12,18-19H,1-3,6-9,11,13-17H2. The molecular formula is C22H32N6O. The van der Waals surface area contributed by atoms with Gasteiger partial charge in [-0.05, 0) is 37.8 Å². The first kappa shape index (κ1) is 18.9. The number of piperidine rings is 1. The number of anilines is 1. The Morgan fingerprint density at radius 2 is 1.72 bits per heavy atom. The van der Waals surface area contributed by atoms with Crippen LogP contribution in [0.25, 0.3) is 5.65 Å². The van der Waals surface area contributed by atoms with E-state index in [4.69, 9.17) is 0 Å². The topological polar surface area (TPSA) is 57.0 Å². The molecule has 1 atom stereocenters. The van der Waals surface area contributed by atoms with Crippen LogP contribution in [0.2, 0.25) is 0 Å². The van der Waals surface area contributed by atoms with Crippen LogP contribution in [-0.4, -0.2) is 75.6 Å². The van der Waals surface area contributed by atoms with Crippen molar-refractivity contribution in [3.63, 3.8) is 0 Å². The van der Waals surface area contributed by atoms with Crippen molar-refractivity contribution in [3.8, 4) is 0 Å². The van der Waals surface area contributed by atoms with E-state index in [2.05, 4.69) is 24.9 Å². The molecule has 0 spiro atoms. The Kier molecular flexibility index (Phi) is 5.40. The minimum absolute atomic E-state index is 0.0704. The SMILES string of the molecule is O=C(C1CCCN(c2nnc3ccccn23)C1)N1CCN(C2CCCCC2)CC1. The fourth-order valence-corrected chi connectivity index (χ4v) is 5.42. The summed E-state index contributed by atoms with van der Waals surface area (Å²) < 4.78 is 2.02. The van der Waals surface area contributed by atoms with E-state index in [9.17, 15) is 4.79 Å². The Bertz CT molecular complexity index is 837. The molecule has 2 aliphatic heterocycles. The van der Waals surface area contributed by atoms with E-state index in [1.165, 1.54) is 32.1 Å². The number of carbonyl (C=O) groups is 1. The average molecular weight is 397 g/mol. The molecular weight excluding hydrogens is 364 g/mol. The number of nitrogens with zero attached hydrogens (tertiary/aromatic N) is 6. The molecule has 4 heterocycles. The van der Waals surface area contributed by atoms with Crippen molar-refractivity contribution in [1.82, 2.24) is 24.4 Å². The average Bonchev–Trinajstić information content (AvgIpc) is 3.24. The molecule has 2 aromatic heterocycles. The van der Waals surface area contributed by atoms with Crippen molar-refractivity contribution in [2.75, 3.05) is 44.2 Å². The molecule has 0 radical (unpaired) electrons. The van der Waals surface area contributed by atoms with E-state index in [0.717, 1.165) is 69.7 Å². The minimum Gasteiger partial charge on any atom is -0.340 e. The Labute approximate surface area is 172 Å². The van der Waals surface area contributed by atoms with E-state index >= 15 is 0 Å². The van der Waals surface area contributed by atoms with Gasteiger partial charge in [0.15, 0.2) is 5.65 Å². The molecule has 1 aliphatic carbocycles. The van der Waals surface area contributed by atoms with Crippen LogP contribution >= 0.6 is 0 Å². The molecule has 3 fully saturated rings. The summed E-state index contributed by atoms with van der Waals surface area (Å²) in [7, 11) is 0. The highest BCUT2D eigenvalue weighted by Gasteiger charge is 2.33. The second-order valence-corrected chi connectivity index (χ2v) is 8.87. The van der Waals surface area contributed by atoms with Crippen molar-refractivity contribution >= 4 is 17.5 Å². The molecule has 1 amide bonds. The number of hydrogen-bond donors (Lipinski definition) is 0. The molecule has 2 saturated heterocycles. The first-order valence-electron chi connectivity index (χ1n) is 11.4. The molecule has 2 aromatic rings. The monoisotopic (exact) mass is 396 g/mol. The lowest BCUT2D eigenvalue weighted by atomic mass is 9.93. The van der Waals surface area contributed by atoms with E-state index in [-0.39, 0.29) is 5.92 Å². The molecule has 7 heteroatoms. The summed E-state index contributed by atoms with van der Waals surface area (Å²) in [6.07, 6.45) is 10.8. The summed E-state index contributed by atoms with van der Waals surface area (Å²) >= 11 is 0. The Morgan fingerprint density at radius 3 is 2.55 bits per heavy atom. The normalized spacial score (nSPS) is 24.9. The third-order valence-corrected chi connectivity index (χ3v) is 7.07. The van der Waals surface area contributed by atoms with Crippen molar-refractivity contribution < 1.29 is 4.79 Å². The van der Waals surface area contributed by atoms with E-state index in [1.807, 2.05) is 28.8 Å². The van der Waals surface area contributed by atoms with Gasteiger partial charge in [0.2, 0.25) is 11.9 Å². The molecule has 0 bridgehead atoms. The van der Waals surface area contributed by atoms with Gasteiger partial charge in [0.1, 0.15) is 0 Å². The predicted octanol–water partition coefficient (Wildman–Crippen LogP) is 2.42. The van der Waals surface area contributed by atoms with Crippen LogP contribution in [-0.2, 0) is 4.79 Å². The van der Waals surface area contributed by atoms with E-state index < -0.39 is 0 Å². The van der Waals surface area contributed by atoms with Crippen LogP contribution < -0.4 is 4.90 Å². The van der Waals surface area contributed by atoms with Gasteiger partial charge in [0.25, 0.3) is 0 Å². The van der Waals surface area contributed by atoms with E-state index in [1.54, 1.807) is 0 Å². The molecule has 0 aromatic carbocycles. The van der Waals surface area contributed by atoms with Gasteiger partial charge < -0.3 is 9.80 Å².